The number of amides is 1. The number of carbonyl (C=O) groups is 1. The molecule has 26 heavy (non-hydrogen) atoms. The summed E-state index contributed by atoms with van der Waals surface area (Å²) in [4.78, 5) is 21.6. The largest absolute Gasteiger partial charge is 0.494 e. The second-order valence-corrected chi connectivity index (χ2v) is 6.89. The fraction of sp³-hybridized carbons (Fsp3) is 0.333. The van der Waals surface area contributed by atoms with Crippen LogP contribution in [0.1, 0.15) is 39.8 Å². The number of ether oxygens (including phenoxy) is 1. The first-order valence-electron chi connectivity index (χ1n) is 8.42. The van der Waals surface area contributed by atoms with E-state index in [0.29, 0.717) is 34.6 Å². The van der Waals surface area contributed by atoms with Crippen molar-refractivity contribution in [3.8, 4) is 16.6 Å². The molecule has 3 aromatic rings. The molecule has 1 amide bonds. The van der Waals surface area contributed by atoms with E-state index in [4.69, 9.17) is 4.74 Å². The molecule has 2 heterocycles. The number of hydrogen-bond donors (Lipinski definition) is 2. The summed E-state index contributed by atoms with van der Waals surface area (Å²) >= 11 is 1.30. The Morgan fingerprint density at radius 3 is 2.88 bits per heavy atom. The molecule has 8 heteroatoms. The van der Waals surface area contributed by atoms with Crippen LogP contribution >= 0.6 is 11.3 Å². The summed E-state index contributed by atoms with van der Waals surface area (Å²) in [5.41, 5.74) is 2.82. The Kier molecular flexibility index (Phi) is 5.62. The fourth-order valence-corrected chi connectivity index (χ4v) is 3.38. The molecule has 0 bridgehead atoms. The van der Waals surface area contributed by atoms with Crippen molar-refractivity contribution < 1.29 is 9.53 Å². The van der Waals surface area contributed by atoms with Gasteiger partial charge < -0.3 is 10.1 Å². The van der Waals surface area contributed by atoms with Crippen molar-refractivity contribution in [2.24, 2.45) is 0 Å². The van der Waals surface area contributed by atoms with Gasteiger partial charge >= 0.3 is 0 Å². The predicted octanol–water partition coefficient (Wildman–Crippen LogP) is 3.26. The maximum absolute atomic E-state index is 12.5. The molecule has 3 rings (SSSR count). The van der Waals surface area contributed by atoms with Gasteiger partial charge in [0.05, 0.1) is 12.3 Å². The second-order valence-electron chi connectivity index (χ2n) is 5.89. The van der Waals surface area contributed by atoms with Crippen molar-refractivity contribution in [2.45, 2.75) is 33.7 Å². The molecule has 0 spiro atoms. The highest BCUT2D eigenvalue weighted by molar-refractivity contribution is 7.17. The number of thiazole rings is 1. The minimum absolute atomic E-state index is 0.142. The number of aromatic amines is 1. The van der Waals surface area contributed by atoms with Crippen LogP contribution in [0.15, 0.2) is 24.5 Å². The zero-order valence-electron chi connectivity index (χ0n) is 15.0. The van der Waals surface area contributed by atoms with Gasteiger partial charge in [0, 0.05) is 6.54 Å². The first kappa shape index (κ1) is 18.1. The Bertz CT molecular complexity index is 889. The standard InChI is InChI=1S/C18H21N5O2S/c1-4-7-25-14-6-5-13(11(2)8-14)9-19-17(24)15-12(3)22-18(26-15)16-20-10-21-23-16/h5-6,8,10H,4,7,9H2,1-3H3,(H,19,24)(H,20,21,23). The number of nitrogens with one attached hydrogen (secondary N) is 2. The number of aromatic nitrogens is 4. The Labute approximate surface area is 155 Å². The molecule has 2 N–H and O–H groups in total. The van der Waals surface area contributed by atoms with Crippen LogP contribution in [0.2, 0.25) is 0 Å². The van der Waals surface area contributed by atoms with Gasteiger partial charge in [-0.15, -0.1) is 11.3 Å². The lowest BCUT2D eigenvalue weighted by molar-refractivity contribution is 0.0954. The quantitative estimate of drug-likeness (QED) is 0.665. The first-order valence-corrected chi connectivity index (χ1v) is 9.23. The minimum atomic E-state index is -0.142. The van der Waals surface area contributed by atoms with Crippen LogP contribution in [-0.2, 0) is 6.54 Å². The highest BCUT2D eigenvalue weighted by atomic mass is 32.1. The van der Waals surface area contributed by atoms with Crippen molar-refractivity contribution in [3.05, 3.63) is 46.2 Å². The van der Waals surface area contributed by atoms with Gasteiger partial charge in [-0.25, -0.2) is 9.97 Å². The molecule has 0 radical (unpaired) electrons. The summed E-state index contributed by atoms with van der Waals surface area (Å²) in [6, 6.07) is 5.92. The lowest BCUT2D eigenvalue weighted by Gasteiger charge is -2.10. The highest BCUT2D eigenvalue weighted by Gasteiger charge is 2.17. The number of carbonyl (C=O) groups excluding carboxylic acids is 1. The van der Waals surface area contributed by atoms with Crippen molar-refractivity contribution in [3.63, 3.8) is 0 Å². The van der Waals surface area contributed by atoms with Crippen LogP contribution in [0, 0.1) is 13.8 Å². The maximum atomic E-state index is 12.5. The molecule has 7 nitrogen and oxygen atoms in total. The van der Waals surface area contributed by atoms with E-state index in [1.54, 1.807) is 0 Å². The maximum Gasteiger partial charge on any atom is 0.263 e. The average Bonchev–Trinajstić information content (AvgIpc) is 3.28. The third-order valence-electron chi connectivity index (χ3n) is 3.85. The SMILES string of the molecule is CCCOc1ccc(CNC(=O)c2sc(-c3ncn[nH]3)nc2C)c(C)c1. The van der Waals surface area contributed by atoms with Crippen LogP contribution in [0.25, 0.3) is 10.8 Å². The summed E-state index contributed by atoms with van der Waals surface area (Å²) in [7, 11) is 0. The number of rotatable bonds is 7. The fourth-order valence-electron chi connectivity index (χ4n) is 2.45. The average molecular weight is 371 g/mol. The number of aryl methyl sites for hydroxylation is 2. The molecule has 0 aliphatic rings. The number of benzene rings is 1. The number of nitrogens with zero attached hydrogens (tertiary/aromatic N) is 3. The molecule has 0 aliphatic heterocycles. The molecule has 1 aromatic carbocycles. The molecule has 0 saturated heterocycles. The van der Waals surface area contributed by atoms with E-state index < -0.39 is 0 Å². The van der Waals surface area contributed by atoms with Crippen molar-refractivity contribution in [1.29, 1.82) is 0 Å². The van der Waals surface area contributed by atoms with Crippen LogP contribution in [-0.4, -0.2) is 32.7 Å². The van der Waals surface area contributed by atoms with E-state index in [9.17, 15) is 4.79 Å². The molecule has 136 valence electrons. The molecule has 0 aliphatic carbocycles. The smallest absolute Gasteiger partial charge is 0.263 e. The topological polar surface area (TPSA) is 92.8 Å². The second kappa shape index (κ2) is 8.09. The Balaban J connectivity index is 1.66. The van der Waals surface area contributed by atoms with E-state index in [1.165, 1.54) is 17.7 Å². The Hall–Kier alpha value is -2.74. The number of H-pyrrole nitrogens is 1. The third-order valence-corrected chi connectivity index (χ3v) is 5.01. The summed E-state index contributed by atoms with van der Waals surface area (Å²) in [6.45, 7) is 7.06. The predicted molar refractivity (Wildman–Crippen MR) is 100 cm³/mol. The van der Waals surface area contributed by atoms with E-state index in [0.717, 1.165) is 23.3 Å². The van der Waals surface area contributed by atoms with Crippen LogP contribution in [0.3, 0.4) is 0 Å². The normalized spacial score (nSPS) is 10.7. The summed E-state index contributed by atoms with van der Waals surface area (Å²) < 4.78 is 5.63. The number of hydrogen-bond acceptors (Lipinski definition) is 6. The summed E-state index contributed by atoms with van der Waals surface area (Å²) in [6.07, 6.45) is 2.39. The lowest BCUT2D eigenvalue weighted by atomic mass is 10.1. The molecule has 0 fully saturated rings. The van der Waals surface area contributed by atoms with Gasteiger partial charge in [0.2, 0.25) is 0 Å². The molecular formula is C18H21N5O2S. The van der Waals surface area contributed by atoms with Crippen LogP contribution in [0.5, 0.6) is 5.75 Å². The van der Waals surface area contributed by atoms with Gasteiger partial charge in [-0.2, -0.15) is 5.10 Å². The van der Waals surface area contributed by atoms with Gasteiger partial charge in [-0.05, 0) is 43.5 Å². The van der Waals surface area contributed by atoms with Gasteiger partial charge in [-0.3, -0.25) is 9.89 Å². The monoisotopic (exact) mass is 371 g/mol. The van der Waals surface area contributed by atoms with Crippen LogP contribution in [0.4, 0.5) is 0 Å². The van der Waals surface area contributed by atoms with Crippen molar-refractivity contribution in [1.82, 2.24) is 25.5 Å². The highest BCUT2D eigenvalue weighted by Crippen LogP contribution is 2.25. The van der Waals surface area contributed by atoms with Crippen molar-refractivity contribution >= 4 is 17.2 Å². The first-order chi connectivity index (χ1) is 12.6. The lowest BCUT2D eigenvalue weighted by Crippen LogP contribution is -2.23. The summed E-state index contributed by atoms with van der Waals surface area (Å²) in [5, 5.41) is 10.2. The zero-order valence-corrected chi connectivity index (χ0v) is 15.8. The molecule has 0 unspecified atom stereocenters. The van der Waals surface area contributed by atoms with Gasteiger partial charge in [0.25, 0.3) is 5.91 Å². The molecular weight excluding hydrogens is 350 g/mol. The Morgan fingerprint density at radius 2 is 2.19 bits per heavy atom. The van der Waals surface area contributed by atoms with E-state index in [1.807, 2.05) is 32.0 Å². The van der Waals surface area contributed by atoms with Crippen LogP contribution < -0.4 is 10.1 Å². The van der Waals surface area contributed by atoms with E-state index in [-0.39, 0.29) is 5.91 Å². The molecule has 0 atom stereocenters. The Morgan fingerprint density at radius 1 is 1.35 bits per heavy atom. The van der Waals surface area contributed by atoms with E-state index >= 15 is 0 Å². The van der Waals surface area contributed by atoms with Gasteiger partial charge in [-0.1, -0.05) is 13.0 Å². The molecule has 2 aromatic heterocycles. The third kappa shape index (κ3) is 4.08. The zero-order chi connectivity index (χ0) is 18.5. The summed E-state index contributed by atoms with van der Waals surface area (Å²) in [5.74, 6) is 1.28. The minimum Gasteiger partial charge on any atom is -0.494 e. The van der Waals surface area contributed by atoms with E-state index in [2.05, 4.69) is 32.4 Å². The van der Waals surface area contributed by atoms with Gasteiger partial charge in [0.15, 0.2) is 10.8 Å². The van der Waals surface area contributed by atoms with Crippen molar-refractivity contribution in [2.75, 3.05) is 6.61 Å². The molecule has 0 saturated carbocycles. The van der Waals surface area contributed by atoms with Gasteiger partial charge in [0.1, 0.15) is 17.0 Å².